The summed E-state index contributed by atoms with van der Waals surface area (Å²) in [6.07, 6.45) is 4.56. The lowest BCUT2D eigenvalue weighted by Crippen LogP contribution is -2.25. The molecular formula is C15H29N3. The standard InChI is InChI=1S/C15H29N3/c1-7-8-9-18-11-13(3)17-14(18)16-10-12(2)15(4,5)6/h11-12H,7-10H2,1-6H3,(H,16,17). The molecule has 1 rings (SSSR count). The number of aryl methyl sites for hydroxylation is 2. The molecule has 0 radical (unpaired) electrons. The van der Waals surface area contributed by atoms with Crippen LogP contribution in [-0.2, 0) is 6.54 Å². The quantitative estimate of drug-likeness (QED) is 0.825. The molecule has 1 aromatic heterocycles. The number of rotatable bonds is 6. The van der Waals surface area contributed by atoms with Crippen LogP contribution in [0.5, 0.6) is 0 Å². The Balaban J connectivity index is 2.61. The molecule has 1 unspecified atom stereocenters. The molecule has 18 heavy (non-hydrogen) atoms. The van der Waals surface area contributed by atoms with E-state index in [1.165, 1.54) is 12.8 Å². The number of anilines is 1. The second kappa shape index (κ2) is 6.26. The van der Waals surface area contributed by atoms with E-state index in [9.17, 15) is 0 Å². The highest BCUT2D eigenvalue weighted by atomic mass is 15.2. The van der Waals surface area contributed by atoms with Crippen LogP contribution >= 0.6 is 0 Å². The maximum absolute atomic E-state index is 4.57. The van der Waals surface area contributed by atoms with E-state index in [2.05, 4.69) is 62.6 Å². The van der Waals surface area contributed by atoms with E-state index in [0.29, 0.717) is 11.3 Å². The average Bonchev–Trinajstić information content (AvgIpc) is 2.62. The van der Waals surface area contributed by atoms with Gasteiger partial charge < -0.3 is 9.88 Å². The summed E-state index contributed by atoms with van der Waals surface area (Å²) in [6.45, 7) is 15.5. The molecule has 0 amide bonds. The fourth-order valence-electron chi connectivity index (χ4n) is 1.74. The van der Waals surface area contributed by atoms with Crippen molar-refractivity contribution in [3.8, 4) is 0 Å². The van der Waals surface area contributed by atoms with Gasteiger partial charge in [0.05, 0.1) is 5.69 Å². The number of unbranched alkanes of at least 4 members (excludes halogenated alkanes) is 1. The Hall–Kier alpha value is -0.990. The Kier molecular flexibility index (Phi) is 5.24. The zero-order valence-corrected chi connectivity index (χ0v) is 12.9. The van der Waals surface area contributed by atoms with Crippen molar-refractivity contribution in [1.82, 2.24) is 9.55 Å². The third-order valence-electron chi connectivity index (χ3n) is 3.69. The molecule has 0 saturated carbocycles. The molecular weight excluding hydrogens is 222 g/mol. The molecule has 104 valence electrons. The van der Waals surface area contributed by atoms with Crippen molar-refractivity contribution in [2.75, 3.05) is 11.9 Å². The predicted molar refractivity (Wildman–Crippen MR) is 79.0 cm³/mol. The van der Waals surface area contributed by atoms with Crippen LogP contribution in [0, 0.1) is 18.3 Å². The second-order valence-corrected chi connectivity index (χ2v) is 6.40. The molecule has 0 fully saturated rings. The van der Waals surface area contributed by atoms with Gasteiger partial charge in [-0.25, -0.2) is 4.98 Å². The maximum Gasteiger partial charge on any atom is 0.203 e. The van der Waals surface area contributed by atoms with Crippen LogP contribution in [0.1, 0.15) is 53.2 Å². The molecule has 0 spiro atoms. The summed E-state index contributed by atoms with van der Waals surface area (Å²) in [6, 6.07) is 0. The van der Waals surface area contributed by atoms with Gasteiger partial charge in [-0.05, 0) is 24.7 Å². The van der Waals surface area contributed by atoms with Gasteiger partial charge in [-0.1, -0.05) is 41.0 Å². The van der Waals surface area contributed by atoms with Gasteiger partial charge in [0.1, 0.15) is 0 Å². The van der Waals surface area contributed by atoms with Crippen molar-refractivity contribution < 1.29 is 0 Å². The molecule has 0 aliphatic heterocycles. The summed E-state index contributed by atoms with van der Waals surface area (Å²) in [7, 11) is 0. The number of aromatic nitrogens is 2. The van der Waals surface area contributed by atoms with Gasteiger partial charge in [0, 0.05) is 19.3 Å². The van der Waals surface area contributed by atoms with Crippen molar-refractivity contribution in [2.45, 2.75) is 60.9 Å². The van der Waals surface area contributed by atoms with Gasteiger partial charge >= 0.3 is 0 Å². The van der Waals surface area contributed by atoms with Crippen LogP contribution in [0.25, 0.3) is 0 Å². The van der Waals surface area contributed by atoms with E-state index in [1.807, 2.05) is 0 Å². The summed E-state index contributed by atoms with van der Waals surface area (Å²) >= 11 is 0. The second-order valence-electron chi connectivity index (χ2n) is 6.40. The number of nitrogens with one attached hydrogen (secondary N) is 1. The maximum atomic E-state index is 4.57. The third kappa shape index (κ3) is 4.35. The first-order valence-corrected chi connectivity index (χ1v) is 7.12. The van der Waals surface area contributed by atoms with Crippen molar-refractivity contribution >= 4 is 5.95 Å². The monoisotopic (exact) mass is 251 g/mol. The Labute approximate surface area is 112 Å². The van der Waals surface area contributed by atoms with Gasteiger partial charge in [0.25, 0.3) is 0 Å². The molecule has 0 aliphatic rings. The summed E-state index contributed by atoms with van der Waals surface area (Å²) in [5, 5.41) is 3.50. The highest BCUT2D eigenvalue weighted by Gasteiger charge is 2.20. The Morgan fingerprint density at radius 2 is 2.06 bits per heavy atom. The minimum Gasteiger partial charge on any atom is -0.355 e. The summed E-state index contributed by atoms with van der Waals surface area (Å²) in [5.74, 6) is 1.64. The largest absolute Gasteiger partial charge is 0.355 e. The van der Waals surface area contributed by atoms with Crippen molar-refractivity contribution in [2.24, 2.45) is 11.3 Å². The number of hydrogen-bond donors (Lipinski definition) is 1. The Morgan fingerprint density at radius 1 is 1.39 bits per heavy atom. The highest BCUT2D eigenvalue weighted by Crippen LogP contribution is 2.25. The zero-order valence-electron chi connectivity index (χ0n) is 12.9. The lowest BCUT2D eigenvalue weighted by atomic mass is 9.82. The normalized spacial score (nSPS) is 13.7. The van der Waals surface area contributed by atoms with Crippen LogP contribution in [0.2, 0.25) is 0 Å². The minimum absolute atomic E-state index is 0.336. The zero-order chi connectivity index (χ0) is 13.8. The SMILES string of the molecule is CCCCn1cc(C)nc1NCC(C)C(C)(C)C. The van der Waals surface area contributed by atoms with Gasteiger partial charge in [0.2, 0.25) is 5.95 Å². The molecule has 1 atom stereocenters. The van der Waals surface area contributed by atoms with Gasteiger partial charge in [0.15, 0.2) is 0 Å². The number of nitrogens with zero attached hydrogens (tertiary/aromatic N) is 2. The molecule has 0 aliphatic carbocycles. The Bertz CT molecular complexity index is 360. The topological polar surface area (TPSA) is 29.9 Å². The van der Waals surface area contributed by atoms with E-state index in [4.69, 9.17) is 0 Å². The summed E-state index contributed by atoms with van der Waals surface area (Å²) in [5.41, 5.74) is 1.43. The molecule has 1 N–H and O–H groups in total. The lowest BCUT2D eigenvalue weighted by molar-refractivity contribution is 0.274. The van der Waals surface area contributed by atoms with Crippen LogP contribution in [0.4, 0.5) is 5.95 Å². The van der Waals surface area contributed by atoms with Gasteiger partial charge in [-0.15, -0.1) is 0 Å². The van der Waals surface area contributed by atoms with E-state index in [-0.39, 0.29) is 0 Å². The van der Waals surface area contributed by atoms with Crippen molar-refractivity contribution in [1.29, 1.82) is 0 Å². The van der Waals surface area contributed by atoms with Gasteiger partial charge in [-0.2, -0.15) is 0 Å². The molecule has 0 aromatic carbocycles. The molecule has 0 saturated heterocycles. The first-order chi connectivity index (χ1) is 8.34. The average molecular weight is 251 g/mol. The van der Waals surface area contributed by atoms with Gasteiger partial charge in [-0.3, -0.25) is 0 Å². The number of hydrogen-bond acceptors (Lipinski definition) is 2. The van der Waals surface area contributed by atoms with Crippen LogP contribution in [-0.4, -0.2) is 16.1 Å². The summed E-state index contributed by atoms with van der Waals surface area (Å²) < 4.78 is 2.24. The molecule has 1 aromatic rings. The molecule has 0 bridgehead atoms. The smallest absolute Gasteiger partial charge is 0.203 e. The highest BCUT2D eigenvalue weighted by molar-refractivity contribution is 5.28. The lowest BCUT2D eigenvalue weighted by Gasteiger charge is -2.27. The van der Waals surface area contributed by atoms with Crippen molar-refractivity contribution in [3.05, 3.63) is 11.9 Å². The van der Waals surface area contributed by atoms with E-state index < -0.39 is 0 Å². The van der Waals surface area contributed by atoms with E-state index in [1.54, 1.807) is 0 Å². The summed E-state index contributed by atoms with van der Waals surface area (Å²) in [4.78, 5) is 4.57. The molecule has 1 heterocycles. The van der Waals surface area contributed by atoms with Crippen molar-refractivity contribution in [3.63, 3.8) is 0 Å². The molecule has 3 nitrogen and oxygen atoms in total. The van der Waals surface area contributed by atoms with Crippen LogP contribution < -0.4 is 5.32 Å². The first-order valence-electron chi connectivity index (χ1n) is 7.12. The Morgan fingerprint density at radius 3 is 2.61 bits per heavy atom. The minimum atomic E-state index is 0.336. The first kappa shape index (κ1) is 15.1. The third-order valence-corrected chi connectivity index (χ3v) is 3.69. The predicted octanol–water partition coefficient (Wildman–Crippen LogP) is 4.09. The van der Waals surface area contributed by atoms with Crippen LogP contribution in [0.15, 0.2) is 6.20 Å². The van der Waals surface area contributed by atoms with E-state index >= 15 is 0 Å². The van der Waals surface area contributed by atoms with E-state index in [0.717, 1.165) is 24.7 Å². The fourth-order valence-corrected chi connectivity index (χ4v) is 1.74. The molecule has 3 heteroatoms. The number of imidazole rings is 1. The van der Waals surface area contributed by atoms with Crippen LogP contribution in [0.3, 0.4) is 0 Å². The fraction of sp³-hybridized carbons (Fsp3) is 0.800.